The van der Waals surface area contributed by atoms with Crippen molar-refractivity contribution in [2.75, 3.05) is 6.54 Å². The summed E-state index contributed by atoms with van der Waals surface area (Å²) in [5.74, 6) is 0.257. The minimum atomic E-state index is 0.257. The Kier molecular flexibility index (Phi) is 3.33. The first-order valence-electron chi connectivity index (χ1n) is 5.11. The molecule has 0 radical (unpaired) electrons. The van der Waals surface area contributed by atoms with Crippen LogP contribution in [0.5, 0.6) is 5.75 Å². The molecule has 1 aromatic heterocycles. The molecule has 4 heteroatoms. The molecule has 2 N–H and O–H groups in total. The van der Waals surface area contributed by atoms with Gasteiger partial charge in [0.2, 0.25) is 0 Å². The highest BCUT2D eigenvalue weighted by molar-refractivity contribution is 5.83. The number of aromatic nitrogens is 2. The van der Waals surface area contributed by atoms with Crippen LogP contribution in [-0.4, -0.2) is 27.8 Å². The first kappa shape index (κ1) is 10.4. The summed E-state index contributed by atoms with van der Waals surface area (Å²) in [5.41, 5.74) is 1.81. The van der Waals surface area contributed by atoms with Crippen molar-refractivity contribution < 1.29 is 5.11 Å². The molecule has 2 rings (SSSR count). The van der Waals surface area contributed by atoms with E-state index in [0.29, 0.717) is 6.54 Å². The number of aromatic amines is 1. The fourth-order valence-electron chi connectivity index (χ4n) is 1.37. The van der Waals surface area contributed by atoms with Gasteiger partial charge >= 0.3 is 0 Å². The number of hydrogen-bond acceptors (Lipinski definition) is 3. The van der Waals surface area contributed by atoms with Gasteiger partial charge in [0, 0.05) is 36.6 Å². The van der Waals surface area contributed by atoms with E-state index >= 15 is 0 Å². The fraction of sp³-hybridized carbons (Fsp3) is 0.167. The number of phenols is 1. The van der Waals surface area contributed by atoms with Crippen molar-refractivity contribution >= 4 is 6.21 Å². The molecule has 4 nitrogen and oxygen atoms in total. The summed E-state index contributed by atoms with van der Waals surface area (Å²) in [4.78, 5) is 11.2. The maximum Gasteiger partial charge on any atom is 0.124 e. The summed E-state index contributed by atoms with van der Waals surface area (Å²) in [6, 6.07) is 7.14. The minimum absolute atomic E-state index is 0.257. The van der Waals surface area contributed by atoms with Crippen LogP contribution in [0.4, 0.5) is 0 Å². The van der Waals surface area contributed by atoms with Gasteiger partial charge in [0.15, 0.2) is 0 Å². The molecule has 0 aliphatic heterocycles. The van der Waals surface area contributed by atoms with Gasteiger partial charge in [0.25, 0.3) is 0 Å². The number of benzene rings is 1. The highest BCUT2D eigenvalue weighted by atomic mass is 16.3. The van der Waals surface area contributed by atoms with Crippen LogP contribution in [0.2, 0.25) is 0 Å². The van der Waals surface area contributed by atoms with E-state index in [1.165, 1.54) is 0 Å². The molecule has 0 unspecified atom stereocenters. The van der Waals surface area contributed by atoms with Crippen LogP contribution < -0.4 is 0 Å². The van der Waals surface area contributed by atoms with Crippen molar-refractivity contribution in [2.45, 2.75) is 6.42 Å². The van der Waals surface area contributed by atoms with E-state index in [-0.39, 0.29) is 5.75 Å². The maximum absolute atomic E-state index is 9.49. The molecule has 0 fully saturated rings. The number of nitrogens with zero attached hydrogens (tertiary/aromatic N) is 2. The summed E-state index contributed by atoms with van der Waals surface area (Å²) < 4.78 is 0. The Morgan fingerprint density at radius 1 is 1.38 bits per heavy atom. The van der Waals surface area contributed by atoms with Gasteiger partial charge in [-0.3, -0.25) is 4.99 Å². The molecule has 2 aromatic rings. The van der Waals surface area contributed by atoms with Gasteiger partial charge in [-0.05, 0) is 12.1 Å². The lowest BCUT2D eigenvalue weighted by Gasteiger charge is -1.96. The van der Waals surface area contributed by atoms with Crippen LogP contribution in [0.3, 0.4) is 0 Å². The third-order valence-corrected chi connectivity index (χ3v) is 2.23. The minimum Gasteiger partial charge on any atom is -0.507 e. The van der Waals surface area contributed by atoms with Crippen molar-refractivity contribution in [3.8, 4) is 5.75 Å². The molecule has 0 atom stereocenters. The number of hydrogen-bond donors (Lipinski definition) is 2. The van der Waals surface area contributed by atoms with Crippen LogP contribution in [-0.2, 0) is 6.42 Å². The zero-order valence-electron chi connectivity index (χ0n) is 8.80. The number of phenolic OH excluding ortho intramolecular Hbond substituents is 1. The number of nitrogens with one attached hydrogen (secondary N) is 1. The summed E-state index contributed by atoms with van der Waals surface area (Å²) in [7, 11) is 0. The Morgan fingerprint density at radius 3 is 3.00 bits per heavy atom. The molecule has 1 aromatic carbocycles. The molecule has 0 spiro atoms. The topological polar surface area (TPSA) is 61.3 Å². The second kappa shape index (κ2) is 5.11. The Morgan fingerprint density at radius 2 is 2.25 bits per heavy atom. The monoisotopic (exact) mass is 215 g/mol. The van der Waals surface area contributed by atoms with Crippen LogP contribution in [0.1, 0.15) is 11.3 Å². The van der Waals surface area contributed by atoms with E-state index < -0.39 is 0 Å². The lowest BCUT2D eigenvalue weighted by Crippen LogP contribution is -1.90. The van der Waals surface area contributed by atoms with Gasteiger partial charge in [-0.25, -0.2) is 4.98 Å². The van der Waals surface area contributed by atoms with E-state index in [2.05, 4.69) is 15.0 Å². The van der Waals surface area contributed by atoms with Crippen molar-refractivity contribution in [3.05, 3.63) is 48.0 Å². The largest absolute Gasteiger partial charge is 0.507 e. The third kappa shape index (κ3) is 2.70. The van der Waals surface area contributed by atoms with Crippen molar-refractivity contribution in [2.24, 2.45) is 4.99 Å². The number of aliphatic imine (C=N–C) groups is 1. The highest BCUT2D eigenvalue weighted by Crippen LogP contribution is 2.12. The number of H-pyrrole nitrogens is 1. The van der Waals surface area contributed by atoms with Gasteiger partial charge < -0.3 is 10.1 Å². The highest BCUT2D eigenvalue weighted by Gasteiger charge is 1.95. The molecule has 0 amide bonds. The van der Waals surface area contributed by atoms with Crippen molar-refractivity contribution in [1.82, 2.24) is 9.97 Å². The predicted molar refractivity (Wildman–Crippen MR) is 62.9 cm³/mol. The normalized spacial score (nSPS) is 11.0. The molecule has 0 saturated carbocycles. The van der Waals surface area contributed by atoms with Gasteiger partial charge in [0.1, 0.15) is 5.75 Å². The maximum atomic E-state index is 9.49. The number of imidazole rings is 1. The Bertz CT molecular complexity index is 463. The molecule has 16 heavy (non-hydrogen) atoms. The van der Waals surface area contributed by atoms with Gasteiger partial charge in [-0.15, -0.1) is 0 Å². The molecule has 0 aliphatic carbocycles. The number of rotatable bonds is 4. The molecule has 0 bridgehead atoms. The van der Waals surface area contributed by atoms with Crippen LogP contribution >= 0.6 is 0 Å². The average Bonchev–Trinajstić information content (AvgIpc) is 2.79. The van der Waals surface area contributed by atoms with E-state index in [9.17, 15) is 5.11 Å². The molecular weight excluding hydrogens is 202 g/mol. The fourth-order valence-corrected chi connectivity index (χ4v) is 1.37. The predicted octanol–water partition coefficient (Wildman–Crippen LogP) is 1.78. The van der Waals surface area contributed by atoms with Crippen molar-refractivity contribution in [1.29, 1.82) is 0 Å². The smallest absolute Gasteiger partial charge is 0.124 e. The van der Waals surface area contributed by atoms with Gasteiger partial charge in [-0.2, -0.15) is 0 Å². The van der Waals surface area contributed by atoms with Crippen LogP contribution in [0, 0.1) is 0 Å². The molecule has 82 valence electrons. The summed E-state index contributed by atoms with van der Waals surface area (Å²) in [5, 5.41) is 9.49. The number of para-hydroxylation sites is 1. The first-order valence-corrected chi connectivity index (χ1v) is 5.11. The third-order valence-electron chi connectivity index (χ3n) is 2.23. The lowest BCUT2D eigenvalue weighted by atomic mass is 10.2. The Hall–Kier alpha value is -2.10. The van der Waals surface area contributed by atoms with Crippen LogP contribution in [0.25, 0.3) is 0 Å². The van der Waals surface area contributed by atoms with Gasteiger partial charge in [0.05, 0.1) is 6.33 Å². The second-order valence-corrected chi connectivity index (χ2v) is 3.42. The summed E-state index contributed by atoms with van der Waals surface area (Å²) in [6.07, 6.45) is 5.95. The van der Waals surface area contributed by atoms with Gasteiger partial charge in [-0.1, -0.05) is 12.1 Å². The standard InChI is InChI=1S/C12H13N3O/c16-12-4-2-1-3-10(12)7-13-6-5-11-8-14-9-15-11/h1-4,7-9,16H,5-6H2,(H,14,15). The number of aromatic hydroxyl groups is 1. The average molecular weight is 215 g/mol. The molecule has 1 heterocycles. The SMILES string of the molecule is Oc1ccccc1C=NCCc1cnc[nH]1. The summed E-state index contributed by atoms with van der Waals surface area (Å²) >= 11 is 0. The second-order valence-electron chi connectivity index (χ2n) is 3.42. The Balaban J connectivity index is 1.88. The molecular formula is C12H13N3O. The van der Waals surface area contributed by atoms with E-state index in [1.807, 2.05) is 12.1 Å². The van der Waals surface area contributed by atoms with Crippen molar-refractivity contribution in [3.63, 3.8) is 0 Å². The van der Waals surface area contributed by atoms with E-state index in [4.69, 9.17) is 0 Å². The molecule has 0 aliphatic rings. The van der Waals surface area contributed by atoms with Crippen LogP contribution in [0.15, 0.2) is 41.8 Å². The zero-order chi connectivity index (χ0) is 11.2. The first-order chi connectivity index (χ1) is 7.86. The van der Waals surface area contributed by atoms with E-state index in [0.717, 1.165) is 17.7 Å². The lowest BCUT2D eigenvalue weighted by molar-refractivity contribution is 0.474. The summed E-state index contributed by atoms with van der Waals surface area (Å²) in [6.45, 7) is 0.677. The molecule has 0 saturated heterocycles. The Labute approximate surface area is 93.7 Å². The van der Waals surface area contributed by atoms with E-state index in [1.54, 1.807) is 30.9 Å². The quantitative estimate of drug-likeness (QED) is 0.763. The zero-order valence-corrected chi connectivity index (χ0v) is 8.80.